The van der Waals surface area contributed by atoms with E-state index < -0.39 is 5.97 Å². The van der Waals surface area contributed by atoms with Gasteiger partial charge in [0.2, 0.25) is 0 Å². The molecule has 0 radical (unpaired) electrons. The maximum atomic E-state index is 10.8. The molecule has 0 amide bonds. The van der Waals surface area contributed by atoms with E-state index in [4.69, 9.17) is 5.11 Å². The predicted molar refractivity (Wildman–Crippen MR) is 60.0 cm³/mol. The van der Waals surface area contributed by atoms with Gasteiger partial charge in [-0.15, -0.1) is 0 Å². The quantitative estimate of drug-likeness (QED) is 0.784. The third kappa shape index (κ3) is 1.64. The molecular formula is C12H11NO2. The number of rotatable bonds is 2. The second-order valence-electron chi connectivity index (χ2n) is 3.57. The Morgan fingerprint density at radius 1 is 1.40 bits per heavy atom. The van der Waals surface area contributed by atoms with Crippen molar-refractivity contribution in [1.29, 1.82) is 0 Å². The van der Waals surface area contributed by atoms with Crippen LogP contribution in [-0.4, -0.2) is 16.1 Å². The van der Waals surface area contributed by atoms with Gasteiger partial charge in [-0.2, -0.15) is 0 Å². The number of carboxylic acid groups (broad SMARTS) is 1. The number of nitrogens with one attached hydrogen (secondary N) is 1. The van der Waals surface area contributed by atoms with Crippen LogP contribution in [0.1, 0.15) is 23.0 Å². The summed E-state index contributed by atoms with van der Waals surface area (Å²) in [5, 5.41) is 9.73. The normalized spacial score (nSPS) is 10.5. The first-order valence-electron chi connectivity index (χ1n) is 4.60. The molecule has 0 saturated carbocycles. The minimum Gasteiger partial charge on any atom is -0.478 e. The van der Waals surface area contributed by atoms with Gasteiger partial charge in [0.05, 0.1) is 5.56 Å². The first-order chi connectivity index (χ1) is 7.08. The van der Waals surface area contributed by atoms with E-state index in [0.29, 0.717) is 5.56 Å². The Bertz CT molecular complexity index is 540. The topological polar surface area (TPSA) is 53.1 Å². The van der Waals surface area contributed by atoms with Crippen molar-refractivity contribution in [2.75, 3.05) is 0 Å². The summed E-state index contributed by atoms with van der Waals surface area (Å²) in [4.78, 5) is 13.9. The number of aromatic amines is 1. The van der Waals surface area contributed by atoms with Crippen LogP contribution in [0.2, 0.25) is 0 Å². The molecule has 0 unspecified atom stereocenters. The van der Waals surface area contributed by atoms with Gasteiger partial charge in [-0.25, -0.2) is 4.79 Å². The van der Waals surface area contributed by atoms with E-state index in [9.17, 15) is 4.79 Å². The summed E-state index contributed by atoms with van der Waals surface area (Å²) in [5.74, 6) is -0.907. The van der Waals surface area contributed by atoms with E-state index in [1.807, 2.05) is 13.0 Å². The van der Waals surface area contributed by atoms with Crippen molar-refractivity contribution < 1.29 is 9.90 Å². The molecule has 1 aromatic carbocycles. The summed E-state index contributed by atoms with van der Waals surface area (Å²) in [6.45, 7) is 5.74. The lowest BCUT2D eigenvalue weighted by atomic mass is 10.1. The number of carboxylic acids is 1. The highest BCUT2D eigenvalue weighted by atomic mass is 16.4. The molecule has 1 heterocycles. The van der Waals surface area contributed by atoms with Crippen molar-refractivity contribution in [2.45, 2.75) is 6.92 Å². The monoisotopic (exact) mass is 201 g/mol. The third-order valence-corrected chi connectivity index (χ3v) is 2.33. The Morgan fingerprint density at radius 3 is 2.73 bits per heavy atom. The molecule has 2 rings (SSSR count). The van der Waals surface area contributed by atoms with Gasteiger partial charge in [-0.1, -0.05) is 6.58 Å². The first-order valence-corrected chi connectivity index (χ1v) is 4.60. The molecule has 15 heavy (non-hydrogen) atoms. The number of hydrogen-bond donors (Lipinski definition) is 2. The molecule has 0 fully saturated rings. The lowest BCUT2D eigenvalue weighted by Crippen LogP contribution is -1.94. The maximum absolute atomic E-state index is 10.8. The van der Waals surface area contributed by atoms with Crippen molar-refractivity contribution in [3.8, 4) is 0 Å². The van der Waals surface area contributed by atoms with E-state index in [1.165, 1.54) is 0 Å². The number of aromatic nitrogens is 1. The van der Waals surface area contributed by atoms with Crippen LogP contribution in [0.15, 0.2) is 30.8 Å². The molecule has 0 spiro atoms. The Morgan fingerprint density at radius 2 is 2.13 bits per heavy atom. The van der Waals surface area contributed by atoms with Gasteiger partial charge in [0.25, 0.3) is 0 Å². The van der Waals surface area contributed by atoms with Gasteiger partial charge in [0.1, 0.15) is 0 Å². The number of aromatic carboxylic acids is 1. The molecule has 76 valence electrons. The maximum Gasteiger partial charge on any atom is 0.335 e. The first kappa shape index (κ1) is 9.52. The summed E-state index contributed by atoms with van der Waals surface area (Å²) >= 11 is 0. The number of benzene rings is 1. The molecule has 2 N–H and O–H groups in total. The van der Waals surface area contributed by atoms with Crippen LogP contribution in [0.25, 0.3) is 16.5 Å². The summed E-state index contributed by atoms with van der Waals surface area (Å²) < 4.78 is 0. The van der Waals surface area contributed by atoms with Crippen LogP contribution in [0.3, 0.4) is 0 Å². The zero-order chi connectivity index (χ0) is 11.0. The summed E-state index contributed by atoms with van der Waals surface area (Å²) in [6.07, 6.45) is 0. The van der Waals surface area contributed by atoms with E-state index >= 15 is 0 Å². The molecule has 0 aliphatic heterocycles. The van der Waals surface area contributed by atoms with Crippen molar-refractivity contribution in [1.82, 2.24) is 4.98 Å². The average molecular weight is 201 g/mol. The van der Waals surface area contributed by atoms with E-state index in [1.54, 1.807) is 18.2 Å². The van der Waals surface area contributed by atoms with Crippen LogP contribution < -0.4 is 0 Å². The second-order valence-corrected chi connectivity index (χ2v) is 3.57. The largest absolute Gasteiger partial charge is 0.478 e. The van der Waals surface area contributed by atoms with Crippen molar-refractivity contribution >= 4 is 22.4 Å². The second kappa shape index (κ2) is 3.28. The van der Waals surface area contributed by atoms with Crippen LogP contribution in [0.5, 0.6) is 0 Å². The van der Waals surface area contributed by atoms with Crippen molar-refractivity contribution in [3.63, 3.8) is 0 Å². The molecule has 3 heteroatoms. The number of carbonyl (C=O) groups is 1. The zero-order valence-electron chi connectivity index (χ0n) is 8.37. The van der Waals surface area contributed by atoms with E-state index in [-0.39, 0.29) is 0 Å². The fourth-order valence-electron chi connectivity index (χ4n) is 1.50. The van der Waals surface area contributed by atoms with Crippen LogP contribution >= 0.6 is 0 Å². The van der Waals surface area contributed by atoms with Gasteiger partial charge in [0, 0.05) is 16.6 Å². The van der Waals surface area contributed by atoms with E-state index in [0.717, 1.165) is 22.2 Å². The number of allylic oxidation sites excluding steroid dienone is 1. The lowest BCUT2D eigenvalue weighted by molar-refractivity contribution is 0.0697. The predicted octanol–water partition coefficient (Wildman–Crippen LogP) is 2.90. The Balaban J connectivity index is 2.62. The van der Waals surface area contributed by atoms with Crippen molar-refractivity contribution in [2.24, 2.45) is 0 Å². The van der Waals surface area contributed by atoms with Crippen LogP contribution in [0.4, 0.5) is 0 Å². The molecule has 3 nitrogen and oxygen atoms in total. The van der Waals surface area contributed by atoms with Gasteiger partial charge >= 0.3 is 5.97 Å². The summed E-state index contributed by atoms with van der Waals surface area (Å²) in [6, 6.07) is 6.92. The Kier molecular flexibility index (Phi) is 2.08. The molecule has 2 aromatic rings. The smallest absolute Gasteiger partial charge is 0.335 e. The van der Waals surface area contributed by atoms with Gasteiger partial charge < -0.3 is 10.1 Å². The summed E-state index contributed by atoms with van der Waals surface area (Å²) in [7, 11) is 0. The highest BCUT2D eigenvalue weighted by Crippen LogP contribution is 2.20. The Labute approximate surface area is 87.0 Å². The zero-order valence-corrected chi connectivity index (χ0v) is 8.37. The number of hydrogen-bond acceptors (Lipinski definition) is 1. The third-order valence-electron chi connectivity index (χ3n) is 2.33. The Hall–Kier alpha value is -2.03. The molecular weight excluding hydrogens is 190 g/mol. The van der Waals surface area contributed by atoms with Gasteiger partial charge in [-0.3, -0.25) is 0 Å². The standard InChI is InChI=1S/C12H11NO2/c1-7(2)11-6-9-5-8(12(14)15)3-4-10(9)13-11/h3-6,13H,1H2,2H3,(H,14,15). The van der Waals surface area contributed by atoms with Crippen LogP contribution in [-0.2, 0) is 0 Å². The molecule has 0 aliphatic carbocycles. The number of fused-ring (bicyclic) bond motifs is 1. The minimum absolute atomic E-state index is 0.301. The SMILES string of the molecule is C=C(C)c1cc2cc(C(=O)O)ccc2[nH]1. The minimum atomic E-state index is -0.907. The molecule has 0 bridgehead atoms. The summed E-state index contributed by atoms with van der Waals surface area (Å²) in [5.41, 5.74) is 3.10. The molecule has 0 atom stereocenters. The number of H-pyrrole nitrogens is 1. The van der Waals surface area contributed by atoms with E-state index in [2.05, 4.69) is 11.6 Å². The van der Waals surface area contributed by atoms with Gasteiger partial charge in [-0.05, 0) is 36.8 Å². The lowest BCUT2D eigenvalue weighted by Gasteiger charge is -1.93. The average Bonchev–Trinajstić information content (AvgIpc) is 2.59. The highest BCUT2D eigenvalue weighted by Gasteiger charge is 2.06. The highest BCUT2D eigenvalue weighted by molar-refractivity contribution is 5.94. The molecule has 0 saturated heterocycles. The van der Waals surface area contributed by atoms with Crippen LogP contribution in [0, 0.1) is 0 Å². The molecule has 1 aromatic heterocycles. The molecule has 0 aliphatic rings. The fraction of sp³-hybridized carbons (Fsp3) is 0.0833. The fourth-order valence-corrected chi connectivity index (χ4v) is 1.50. The van der Waals surface area contributed by atoms with Crippen molar-refractivity contribution in [3.05, 3.63) is 42.1 Å². The van der Waals surface area contributed by atoms with Gasteiger partial charge in [0.15, 0.2) is 0 Å².